The Balaban J connectivity index is 2.15. The smallest absolute Gasteiger partial charge is 0.411 e. The molecule has 0 spiro atoms. The number of amides is 1. The summed E-state index contributed by atoms with van der Waals surface area (Å²) in [5, 5.41) is 9.34. The molecule has 144 valence electrons. The van der Waals surface area contributed by atoms with E-state index < -0.39 is 39.9 Å². The number of nitrogens with zero attached hydrogens (tertiary/aromatic N) is 1. The van der Waals surface area contributed by atoms with Gasteiger partial charge in [-0.2, -0.15) is 8.42 Å². The third kappa shape index (κ3) is 4.95. The van der Waals surface area contributed by atoms with Crippen molar-refractivity contribution in [1.82, 2.24) is 4.90 Å². The summed E-state index contributed by atoms with van der Waals surface area (Å²) < 4.78 is 35.1. The van der Waals surface area contributed by atoms with E-state index in [1.165, 1.54) is 12.1 Å². The van der Waals surface area contributed by atoms with Gasteiger partial charge < -0.3 is 9.84 Å². The van der Waals surface area contributed by atoms with Crippen LogP contribution in [0.2, 0.25) is 0 Å². The first-order valence-electron chi connectivity index (χ1n) is 8.11. The van der Waals surface area contributed by atoms with Crippen LogP contribution in [0.25, 0.3) is 0 Å². The number of carboxylic acids is 1. The van der Waals surface area contributed by atoms with Crippen molar-refractivity contribution >= 4 is 22.2 Å². The zero-order valence-corrected chi connectivity index (χ0v) is 15.9. The van der Waals surface area contributed by atoms with Gasteiger partial charge in [-0.15, -0.1) is 0 Å². The molecule has 0 radical (unpaired) electrons. The molecule has 1 aromatic carbocycles. The summed E-state index contributed by atoms with van der Waals surface area (Å²) in [5.41, 5.74) is 0.0967. The lowest BCUT2D eigenvalue weighted by molar-refractivity contribution is -0.142. The first-order valence-corrected chi connectivity index (χ1v) is 9.52. The van der Waals surface area contributed by atoms with Gasteiger partial charge in [-0.1, -0.05) is 17.7 Å². The number of hydrogen-bond acceptors (Lipinski definition) is 6. The maximum atomic E-state index is 12.4. The van der Waals surface area contributed by atoms with Crippen molar-refractivity contribution in [2.24, 2.45) is 0 Å². The number of benzene rings is 1. The predicted molar refractivity (Wildman–Crippen MR) is 92.2 cm³/mol. The molecule has 0 aliphatic carbocycles. The molecule has 1 amide bonds. The van der Waals surface area contributed by atoms with E-state index in [2.05, 4.69) is 0 Å². The first-order chi connectivity index (χ1) is 11.9. The average Bonchev–Trinajstić information content (AvgIpc) is 2.89. The molecule has 1 heterocycles. The largest absolute Gasteiger partial charge is 0.480 e. The zero-order valence-electron chi connectivity index (χ0n) is 15.1. The number of carbonyl (C=O) groups is 2. The summed E-state index contributed by atoms with van der Waals surface area (Å²) in [6, 6.07) is 4.90. The van der Waals surface area contributed by atoms with Crippen LogP contribution in [0, 0.1) is 6.92 Å². The molecule has 2 rings (SSSR count). The molecule has 0 bridgehead atoms. The molecule has 1 aliphatic heterocycles. The number of carboxylic acid groups (broad SMARTS) is 1. The molecule has 0 saturated carbocycles. The van der Waals surface area contributed by atoms with Gasteiger partial charge in [0.2, 0.25) is 0 Å². The minimum Gasteiger partial charge on any atom is -0.480 e. The monoisotopic (exact) mass is 385 g/mol. The van der Waals surface area contributed by atoms with Crippen molar-refractivity contribution < 1.29 is 32.0 Å². The van der Waals surface area contributed by atoms with Crippen LogP contribution in [-0.2, 0) is 23.8 Å². The highest BCUT2D eigenvalue weighted by atomic mass is 32.2. The van der Waals surface area contributed by atoms with Gasteiger partial charge in [-0.05, 0) is 39.8 Å². The maximum absolute atomic E-state index is 12.4. The molecule has 1 fully saturated rings. The SMILES string of the molecule is Cc1ccc(S(=O)(=O)O[C@H]2C[C@@H](C(=O)O)N(C(=O)OC(C)(C)C)C2)cc1. The molecule has 0 unspecified atom stereocenters. The molecule has 2 atom stereocenters. The minimum atomic E-state index is -4.07. The summed E-state index contributed by atoms with van der Waals surface area (Å²) >= 11 is 0. The highest BCUT2D eigenvalue weighted by Crippen LogP contribution is 2.26. The standard InChI is InChI=1S/C17H23NO7S/c1-11-5-7-13(8-6-11)26(22,23)25-12-9-14(15(19)20)18(10-12)16(21)24-17(2,3)4/h5-8,12,14H,9-10H2,1-4H3,(H,19,20)/t12-,14-/m0/s1. The minimum absolute atomic E-state index is 0.0225. The first kappa shape index (κ1) is 20.2. The lowest BCUT2D eigenvalue weighted by atomic mass is 10.2. The Hall–Kier alpha value is -2.13. The lowest BCUT2D eigenvalue weighted by Crippen LogP contribution is -2.43. The van der Waals surface area contributed by atoms with Crippen molar-refractivity contribution in [3.63, 3.8) is 0 Å². The van der Waals surface area contributed by atoms with Gasteiger partial charge in [0.1, 0.15) is 11.6 Å². The van der Waals surface area contributed by atoms with Crippen LogP contribution < -0.4 is 0 Å². The van der Waals surface area contributed by atoms with Gasteiger partial charge in [0.25, 0.3) is 10.1 Å². The molecule has 1 aliphatic rings. The molecule has 0 aromatic heterocycles. The second kappa shape index (κ2) is 7.24. The zero-order chi connectivity index (χ0) is 19.7. The van der Waals surface area contributed by atoms with Crippen LogP contribution in [0.3, 0.4) is 0 Å². The molecule has 26 heavy (non-hydrogen) atoms. The molecule has 9 heteroatoms. The molecule has 1 aromatic rings. The van der Waals surface area contributed by atoms with Crippen LogP contribution in [0.4, 0.5) is 4.79 Å². The number of ether oxygens (including phenoxy) is 1. The van der Waals surface area contributed by atoms with Gasteiger partial charge in [0.05, 0.1) is 17.5 Å². The van der Waals surface area contributed by atoms with E-state index in [0.29, 0.717) is 0 Å². The van der Waals surface area contributed by atoms with Gasteiger partial charge in [-0.3, -0.25) is 9.08 Å². The van der Waals surface area contributed by atoms with E-state index in [1.54, 1.807) is 32.9 Å². The van der Waals surface area contributed by atoms with E-state index in [9.17, 15) is 23.1 Å². The topological polar surface area (TPSA) is 110 Å². The average molecular weight is 385 g/mol. The fourth-order valence-electron chi connectivity index (χ4n) is 2.56. The fourth-order valence-corrected chi connectivity index (χ4v) is 3.64. The van der Waals surface area contributed by atoms with Crippen molar-refractivity contribution in [2.75, 3.05) is 6.54 Å². The molecule has 1 N–H and O–H groups in total. The third-order valence-corrected chi connectivity index (χ3v) is 5.12. The summed E-state index contributed by atoms with van der Waals surface area (Å²) in [4.78, 5) is 24.6. The highest BCUT2D eigenvalue weighted by Gasteiger charge is 2.43. The molecule has 8 nitrogen and oxygen atoms in total. The number of aryl methyl sites for hydroxylation is 1. The van der Waals surface area contributed by atoms with Gasteiger partial charge in [0, 0.05) is 6.42 Å². The lowest BCUT2D eigenvalue weighted by Gasteiger charge is -2.26. The Morgan fingerprint density at radius 2 is 1.77 bits per heavy atom. The fraction of sp³-hybridized carbons (Fsp3) is 0.529. The Labute approximate surface area is 152 Å². The summed E-state index contributed by atoms with van der Waals surface area (Å²) in [5.74, 6) is -1.24. The van der Waals surface area contributed by atoms with Gasteiger partial charge in [-0.25, -0.2) is 9.59 Å². The van der Waals surface area contributed by atoms with Gasteiger partial charge in [0.15, 0.2) is 0 Å². The maximum Gasteiger partial charge on any atom is 0.411 e. The molecular weight excluding hydrogens is 362 g/mol. The molecular formula is C17H23NO7S. The summed E-state index contributed by atoms with van der Waals surface area (Å²) in [6.07, 6.45) is -1.92. The Kier molecular flexibility index (Phi) is 5.62. The van der Waals surface area contributed by atoms with E-state index in [-0.39, 0.29) is 17.9 Å². The van der Waals surface area contributed by atoms with E-state index in [4.69, 9.17) is 8.92 Å². The summed E-state index contributed by atoms with van der Waals surface area (Å²) in [6.45, 7) is 6.62. The second-order valence-corrected chi connectivity index (χ2v) is 8.78. The van der Waals surface area contributed by atoms with Crippen LogP contribution in [0.15, 0.2) is 29.2 Å². The number of rotatable bonds is 4. The quantitative estimate of drug-likeness (QED) is 0.791. The van der Waals surface area contributed by atoms with Crippen molar-refractivity contribution in [3.8, 4) is 0 Å². The van der Waals surface area contributed by atoms with Crippen LogP contribution in [-0.4, -0.2) is 54.8 Å². The second-order valence-electron chi connectivity index (χ2n) is 7.21. The number of hydrogen-bond donors (Lipinski definition) is 1. The van der Waals surface area contributed by atoms with Crippen LogP contribution in [0.1, 0.15) is 32.8 Å². The van der Waals surface area contributed by atoms with E-state index >= 15 is 0 Å². The van der Waals surface area contributed by atoms with E-state index in [0.717, 1.165) is 10.5 Å². The molecule has 1 saturated heterocycles. The number of likely N-dealkylation sites (tertiary alicyclic amines) is 1. The van der Waals surface area contributed by atoms with E-state index in [1.807, 2.05) is 6.92 Å². The van der Waals surface area contributed by atoms with Crippen LogP contribution in [0.5, 0.6) is 0 Å². The van der Waals surface area contributed by atoms with Crippen molar-refractivity contribution in [2.45, 2.75) is 56.8 Å². The Morgan fingerprint density at radius 1 is 1.19 bits per heavy atom. The van der Waals surface area contributed by atoms with Crippen molar-refractivity contribution in [1.29, 1.82) is 0 Å². The van der Waals surface area contributed by atoms with Crippen LogP contribution >= 0.6 is 0 Å². The number of aliphatic carboxylic acids is 1. The Morgan fingerprint density at radius 3 is 2.27 bits per heavy atom. The normalized spacial score (nSPS) is 20.8. The number of carbonyl (C=O) groups excluding carboxylic acids is 1. The third-order valence-electron chi connectivity index (χ3n) is 3.75. The predicted octanol–water partition coefficient (Wildman–Crippen LogP) is 2.16. The van der Waals surface area contributed by atoms with Gasteiger partial charge >= 0.3 is 12.1 Å². The highest BCUT2D eigenvalue weighted by molar-refractivity contribution is 7.86. The Bertz CT molecular complexity index is 780. The summed E-state index contributed by atoms with van der Waals surface area (Å²) in [7, 11) is -4.07. The van der Waals surface area contributed by atoms with Crippen molar-refractivity contribution in [3.05, 3.63) is 29.8 Å².